The zero-order valence-electron chi connectivity index (χ0n) is 10.5. The number of nitrogens with one attached hydrogen (secondary N) is 2. The van der Waals surface area contributed by atoms with Crippen LogP contribution in [0.15, 0.2) is 30.3 Å². The highest BCUT2D eigenvalue weighted by molar-refractivity contribution is 5.76. The minimum absolute atomic E-state index is 0.00579. The molecule has 0 heterocycles. The molecule has 5 heteroatoms. The Morgan fingerprint density at radius 1 is 1.17 bits per heavy atom. The average molecular weight is 250 g/mol. The number of carboxylic acid groups (broad SMARTS) is 1. The highest BCUT2D eigenvalue weighted by Crippen LogP contribution is 2.16. The Bertz CT molecular complexity index is 404. The zero-order chi connectivity index (χ0) is 13.5. The Kier molecular flexibility index (Phi) is 5.17. The van der Waals surface area contributed by atoms with Crippen molar-refractivity contribution < 1.29 is 14.7 Å². The van der Waals surface area contributed by atoms with Gasteiger partial charge >= 0.3 is 12.0 Å². The summed E-state index contributed by atoms with van der Waals surface area (Å²) in [5.74, 6) is -0.950. The Labute approximate surface area is 106 Å². The molecule has 98 valence electrons. The summed E-state index contributed by atoms with van der Waals surface area (Å²) in [5, 5.41) is 14.2. The van der Waals surface area contributed by atoms with Gasteiger partial charge in [0.25, 0.3) is 0 Å². The summed E-state index contributed by atoms with van der Waals surface area (Å²) in [6, 6.07) is 8.18. The summed E-state index contributed by atoms with van der Waals surface area (Å²) in [5.41, 5.74) is 0.777. The van der Waals surface area contributed by atoms with E-state index < -0.39 is 12.0 Å². The molecule has 2 amide bonds. The summed E-state index contributed by atoms with van der Waals surface area (Å²) < 4.78 is 0. The summed E-state index contributed by atoms with van der Waals surface area (Å²) in [4.78, 5) is 22.4. The minimum Gasteiger partial charge on any atom is -0.481 e. The molecule has 0 saturated heterocycles. The normalized spacial score (nSPS) is 11.9. The van der Waals surface area contributed by atoms with E-state index in [4.69, 9.17) is 5.11 Å². The first-order valence-electron chi connectivity index (χ1n) is 5.83. The number of carbonyl (C=O) groups excluding carboxylic acids is 1. The van der Waals surface area contributed by atoms with E-state index in [0.29, 0.717) is 0 Å². The Balaban J connectivity index is 2.73. The molecule has 0 aliphatic rings. The van der Waals surface area contributed by atoms with Gasteiger partial charge in [0.2, 0.25) is 0 Å². The maximum absolute atomic E-state index is 11.6. The van der Waals surface area contributed by atoms with Gasteiger partial charge in [-0.25, -0.2) is 4.79 Å². The van der Waals surface area contributed by atoms with E-state index in [-0.39, 0.29) is 18.5 Å². The van der Waals surface area contributed by atoms with Crippen molar-refractivity contribution in [3.63, 3.8) is 0 Å². The van der Waals surface area contributed by atoms with Gasteiger partial charge < -0.3 is 15.7 Å². The maximum Gasteiger partial charge on any atom is 0.315 e. The first kappa shape index (κ1) is 14.0. The number of hydrogen-bond acceptors (Lipinski definition) is 2. The van der Waals surface area contributed by atoms with E-state index in [9.17, 15) is 9.59 Å². The van der Waals surface area contributed by atoms with Crippen molar-refractivity contribution in [2.75, 3.05) is 0 Å². The van der Waals surface area contributed by atoms with E-state index in [1.54, 1.807) is 12.1 Å². The van der Waals surface area contributed by atoms with Crippen LogP contribution in [0.3, 0.4) is 0 Å². The predicted molar refractivity (Wildman–Crippen MR) is 68.2 cm³/mol. The molecular weight excluding hydrogens is 232 g/mol. The standard InChI is InChI=1S/C13H18N2O3/c1-9(2)14-13(18)15-11(8-12(16)17)10-6-4-3-5-7-10/h3-7,9,11H,8H2,1-2H3,(H,16,17)(H2,14,15,18)/t11-/m0/s1. The number of aliphatic carboxylic acids is 1. The van der Waals surface area contributed by atoms with Crippen LogP contribution in [0.1, 0.15) is 31.9 Å². The number of carbonyl (C=O) groups is 2. The highest BCUT2D eigenvalue weighted by Gasteiger charge is 2.17. The lowest BCUT2D eigenvalue weighted by molar-refractivity contribution is -0.137. The summed E-state index contributed by atoms with van der Waals surface area (Å²) in [7, 11) is 0. The van der Waals surface area contributed by atoms with Crippen LogP contribution in [0, 0.1) is 0 Å². The number of hydrogen-bond donors (Lipinski definition) is 3. The topological polar surface area (TPSA) is 78.4 Å². The van der Waals surface area contributed by atoms with Crippen molar-refractivity contribution in [2.24, 2.45) is 0 Å². The number of rotatable bonds is 5. The third-order valence-corrected chi connectivity index (χ3v) is 2.31. The number of amides is 2. The van der Waals surface area contributed by atoms with Crippen LogP contribution in [0.2, 0.25) is 0 Å². The van der Waals surface area contributed by atoms with Crippen molar-refractivity contribution >= 4 is 12.0 Å². The molecule has 5 nitrogen and oxygen atoms in total. The van der Waals surface area contributed by atoms with Gasteiger partial charge in [-0.2, -0.15) is 0 Å². The van der Waals surface area contributed by atoms with Crippen LogP contribution >= 0.6 is 0 Å². The van der Waals surface area contributed by atoms with Gasteiger partial charge in [-0.1, -0.05) is 30.3 Å². The van der Waals surface area contributed by atoms with Crippen LogP contribution in [-0.2, 0) is 4.79 Å². The molecule has 0 aliphatic heterocycles. The molecule has 0 spiro atoms. The van der Waals surface area contributed by atoms with Crippen molar-refractivity contribution in [2.45, 2.75) is 32.4 Å². The van der Waals surface area contributed by atoms with E-state index in [0.717, 1.165) is 5.56 Å². The second-order valence-electron chi connectivity index (χ2n) is 4.33. The summed E-state index contributed by atoms with van der Waals surface area (Å²) in [6.07, 6.45) is -0.143. The average Bonchev–Trinajstić information content (AvgIpc) is 2.27. The first-order valence-corrected chi connectivity index (χ1v) is 5.83. The lowest BCUT2D eigenvalue weighted by atomic mass is 10.0. The fourth-order valence-electron chi connectivity index (χ4n) is 1.57. The number of benzene rings is 1. The van der Waals surface area contributed by atoms with Crippen molar-refractivity contribution in [3.8, 4) is 0 Å². The number of urea groups is 1. The Hall–Kier alpha value is -2.04. The summed E-state index contributed by atoms with van der Waals surface area (Å²) in [6.45, 7) is 3.68. The summed E-state index contributed by atoms with van der Waals surface area (Å²) >= 11 is 0. The Morgan fingerprint density at radius 3 is 2.28 bits per heavy atom. The van der Waals surface area contributed by atoms with Crippen LogP contribution in [0.25, 0.3) is 0 Å². The molecule has 3 N–H and O–H groups in total. The monoisotopic (exact) mass is 250 g/mol. The van der Waals surface area contributed by atoms with E-state index >= 15 is 0 Å². The van der Waals surface area contributed by atoms with Gasteiger partial charge in [-0.05, 0) is 19.4 Å². The molecule has 0 saturated carbocycles. The predicted octanol–water partition coefficient (Wildman–Crippen LogP) is 1.91. The lowest BCUT2D eigenvalue weighted by Gasteiger charge is -2.19. The van der Waals surface area contributed by atoms with Gasteiger partial charge in [0.1, 0.15) is 0 Å². The Morgan fingerprint density at radius 2 is 1.78 bits per heavy atom. The van der Waals surface area contributed by atoms with Gasteiger partial charge in [0.05, 0.1) is 12.5 Å². The molecule has 0 bridgehead atoms. The van der Waals surface area contributed by atoms with Crippen LogP contribution < -0.4 is 10.6 Å². The third-order valence-electron chi connectivity index (χ3n) is 2.31. The SMILES string of the molecule is CC(C)NC(=O)N[C@@H](CC(=O)O)c1ccccc1. The smallest absolute Gasteiger partial charge is 0.315 e. The largest absolute Gasteiger partial charge is 0.481 e. The fraction of sp³-hybridized carbons (Fsp3) is 0.385. The van der Waals surface area contributed by atoms with Gasteiger partial charge in [0, 0.05) is 6.04 Å². The molecule has 18 heavy (non-hydrogen) atoms. The van der Waals surface area contributed by atoms with Crippen molar-refractivity contribution in [1.29, 1.82) is 0 Å². The lowest BCUT2D eigenvalue weighted by Crippen LogP contribution is -2.41. The third kappa shape index (κ3) is 4.86. The fourth-order valence-corrected chi connectivity index (χ4v) is 1.57. The van der Waals surface area contributed by atoms with Crippen LogP contribution in [0.4, 0.5) is 4.79 Å². The van der Waals surface area contributed by atoms with E-state index in [1.807, 2.05) is 32.0 Å². The molecular formula is C13H18N2O3. The quantitative estimate of drug-likeness (QED) is 0.747. The molecule has 0 unspecified atom stereocenters. The molecule has 1 aromatic carbocycles. The van der Waals surface area contributed by atoms with E-state index in [1.165, 1.54) is 0 Å². The van der Waals surface area contributed by atoms with Gasteiger partial charge in [0.15, 0.2) is 0 Å². The highest BCUT2D eigenvalue weighted by atomic mass is 16.4. The molecule has 0 radical (unpaired) electrons. The van der Waals surface area contributed by atoms with Crippen LogP contribution in [-0.4, -0.2) is 23.1 Å². The van der Waals surface area contributed by atoms with Crippen LogP contribution in [0.5, 0.6) is 0 Å². The molecule has 1 atom stereocenters. The van der Waals surface area contributed by atoms with Crippen molar-refractivity contribution in [3.05, 3.63) is 35.9 Å². The molecule has 1 rings (SSSR count). The van der Waals surface area contributed by atoms with Crippen molar-refractivity contribution in [1.82, 2.24) is 10.6 Å². The zero-order valence-corrected chi connectivity index (χ0v) is 10.5. The maximum atomic E-state index is 11.6. The van der Waals surface area contributed by atoms with Gasteiger partial charge in [-0.3, -0.25) is 4.79 Å². The second kappa shape index (κ2) is 6.64. The van der Waals surface area contributed by atoms with Gasteiger partial charge in [-0.15, -0.1) is 0 Å². The molecule has 0 fully saturated rings. The second-order valence-corrected chi connectivity index (χ2v) is 4.33. The molecule has 0 aromatic heterocycles. The number of carboxylic acids is 1. The van der Waals surface area contributed by atoms with E-state index in [2.05, 4.69) is 10.6 Å². The molecule has 0 aliphatic carbocycles. The molecule has 1 aromatic rings. The first-order chi connectivity index (χ1) is 8.49. The minimum atomic E-state index is -0.950.